The van der Waals surface area contributed by atoms with Crippen LogP contribution in [0.4, 0.5) is 0 Å². The molecule has 2 rings (SSSR count). The van der Waals surface area contributed by atoms with Gasteiger partial charge in [0.1, 0.15) is 0 Å². The summed E-state index contributed by atoms with van der Waals surface area (Å²) in [5, 5.41) is 9.58. The second-order valence-electron chi connectivity index (χ2n) is 3.50. The number of hydrogen-bond donors (Lipinski definition) is 0. The standard InChI is InChI=1S/C12H13N3S/c1-16-12-14-10-6-2-3-7-11(10)15(12)9-5-4-8-13/h2-3,6-7H,4-5,9H2,1H3. The second-order valence-corrected chi connectivity index (χ2v) is 4.27. The van der Waals surface area contributed by atoms with E-state index >= 15 is 0 Å². The van der Waals surface area contributed by atoms with Crippen LogP contribution in [0.15, 0.2) is 29.4 Å². The Morgan fingerprint density at radius 2 is 2.25 bits per heavy atom. The number of aryl methyl sites for hydroxylation is 1. The minimum absolute atomic E-state index is 0.598. The molecule has 82 valence electrons. The van der Waals surface area contributed by atoms with Crippen molar-refractivity contribution in [2.24, 2.45) is 0 Å². The third-order valence-electron chi connectivity index (χ3n) is 2.47. The summed E-state index contributed by atoms with van der Waals surface area (Å²) in [5.74, 6) is 0. The average molecular weight is 231 g/mol. The normalized spacial score (nSPS) is 10.5. The maximum absolute atomic E-state index is 8.55. The summed E-state index contributed by atoms with van der Waals surface area (Å²) in [6.07, 6.45) is 3.51. The molecule has 0 unspecified atom stereocenters. The van der Waals surface area contributed by atoms with Gasteiger partial charge in [-0.15, -0.1) is 0 Å². The highest BCUT2D eigenvalue weighted by Gasteiger charge is 2.08. The molecule has 0 aliphatic rings. The number of para-hydroxylation sites is 2. The predicted molar refractivity (Wildman–Crippen MR) is 66.4 cm³/mol. The highest BCUT2D eigenvalue weighted by Crippen LogP contribution is 2.22. The lowest BCUT2D eigenvalue weighted by molar-refractivity contribution is 0.619. The number of imidazole rings is 1. The predicted octanol–water partition coefficient (Wildman–Crippen LogP) is 3.06. The van der Waals surface area contributed by atoms with Gasteiger partial charge in [0, 0.05) is 13.0 Å². The van der Waals surface area contributed by atoms with E-state index in [2.05, 4.69) is 21.7 Å². The molecule has 4 heteroatoms. The number of hydrogen-bond acceptors (Lipinski definition) is 3. The first kappa shape index (κ1) is 11.0. The molecule has 16 heavy (non-hydrogen) atoms. The van der Waals surface area contributed by atoms with Crippen molar-refractivity contribution in [3.63, 3.8) is 0 Å². The summed E-state index contributed by atoms with van der Waals surface area (Å²) in [4.78, 5) is 4.55. The zero-order chi connectivity index (χ0) is 11.4. The van der Waals surface area contributed by atoms with Crippen molar-refractivity contribution in [3.8, 4) is 6.07 Å². The van der Waals surface area contributed by atoms with Crippen molar-refractivity contribution in [1.29, 1.82) is 5.26 Å². The first-order valence-electron chi connectivity index (χ1n) is 5.23. The first-order chi connectivity index (χ1) is 7.86. The van der Waals surface area contributed by atoms with Gasteiger partial charge >= 0.3 is 0 Å². The monoisotopic (exact) mass is 231 g/mol. The van der Waals surface area contributed by atoms with Crippen molar-refractivity contribution in [2.45, 2.75) is 24.5 Å². The van der Waals surface area contributed by atoms with Crippen LogP contribution in [0, 0.1) is 11.3 Å². The van der Waals surface area contributed by atoms with Crippen LogP contribution in [0.5, 0.6) is 0 Å². The van der Waals surface area contributed by atoms with E-state index in [0.29, 0.717) is 6.42 Å². The van der Waals surface area contributed by atoms with Crippen LogP contribution in [-0.2, 0) is 6.54 Å². The van der Waals surface area contributed by atoms with Gasteiger partial charge in [-0.1, -0.05) is 23.9 Å². The average Bonchev–Trinajstić information content (AvgIpc) is 2.68. The smallest absolute Gasteiger partial charge is 0.168 e. The van der Waals surface area contributed by atoms with Gasteiger partial charge in [0.2, 0.25) is 0 Å². The number of unbranched alkanes of at least 4 members (excludes halogenated alkanes) is 1. The summed E-state index contributed by atoms with van der Waals surface area (Å²) in [5.41, 5.74) is 2.19. The molecule has 0 saturated carbocycles. The van der Waals surface area contributed by atoms with Crippen molar-refractivity contribution < 1.29 is 0 Å². The topological polar surface area (TPSA) is 41.6 Å². The molecular weight excluding hydrogens is 218 g/mol. The maximum atomic E-state index is 8.55. The fraction of sp³-hybridized carbons (Fsp3) is 0.333. The van der Waals surface area contributed by atoms with E-state index < -0.39 is 0 Å². The molecule has 2 aromatic rings. The molecular formula is C12H13N3S. The van der Waals surface area contributed by atoms with Crippen molar-refractivity contribution in [3.05, 3.63) is 24.3 Å². The van der Waals surface area contributed by atoms with Gasteiger partial charge in [0.25, 0.3) is 0 Å². The van der Waals surface area contributed by atoms with Crippen LogP contribution in [0.2, 0.25) is 0 Å². The van der Waals surface area contributed by atoms with Crippen LogP contribution in [0.3, 0.4) is 0 Å². The Labute approximate surface area is 99.1 Å². The SMILES string of the molecule is CSc1nc2ccccc2n1CCCC#N. The Kier molecular flexibility index (Phi) is 3.47. The van der Waals surface area contributed by atoms with Gasteiger partial charge in [-0.25, -0.2) is 4.98 Å². The van der Waals surface area contributed by atoms with Crippen LogP contribution < -0.4 is 0 Å². The summed E-state index contributed by atoms with van der Waals surface area (Å²) in [6, 6.07) is 10.3. The Balaban J connectivity index is 2.36. The van der Waals surface area contributed by atoms with E-state index in [1.54, 1.807) is 11.8 Å². The molecule has 0 bridgehead atoms. The van der Waals surface area contributed by atoms with Gasteiger partial charge in [0.15, 0.2) is 5.16 Å². The summed E-state index contributed by atoms with van der Waals surface area (Å²) < 4.78 is 2.19. The lowest BCUT2D eigenvalue weighted by Crippen LogP contribution is -1.99. The minimum Gasteiger partial charge on any atom is -0.319 e. The zero-order valence-electron chi connectivity index (χ0n) is 9.18. The Morgan fingerprint density at radius 3 is 3.00 bits per heavy atom. The number of nitrogens with zero attached hydrogens (tertiary/aromatic N) is 3. The van der Waals surface area contributed by atoms with E-state index in [9.17, 15) is 0 Å². The third-order valence-corrected chi connectivity index (χ3v) is 3.15. The number of benzene rings is 1. The van der Waals surface area contributed by atoms with E-state index in [1.807, 2.05) is 24.5 Å². The molecule has 0 atom stereocenters. The van der Waals surface area contributed by atoms with Gasteiger partial charge in [-0.2, -0.15) is 5.26 Å². The number of rotatable bonds is 4. The second kappa shape index (κ2) is 5.04. The van der Waals surface area contributed by atoms with Gasteiger partial charge in [0.05, 0.1) is 17.1 Å². The van der Waals surface area contributed by atoms with E-state index in [0.717, 1.165) is 29.2 Å². The zero-order valence-corrected chi connectivity index (χ0v) is 10.00. The van der Waals surface area contributed by atoms with E-state index in [1.165, 1.54) is 0 Å². The van der Waals surface area contributed by atoms with E-state index in [-0.39, 0.29) is 0 Å². The molecule has 0 aliphatic carbocycles. The van der Waals surface area contributed by atoms with Crippen LogP contribution in [-0.4, -0.2) is 15.8 Å². The Morgan fingerprint density at radius 1 is 1.44 bits per heavy atom. The molecule has 0 fully saturated rings. The molecule has 0 saturated heterocycles. The molecule has 1 aromatic heterocycles. The van der Waals surface area contributed by atoms with Gasteiger partial charge in [-0.3, -0.25) is 0 Å². The lowest BCUT2D eigenvalue weighted by atomic mass is 10.3. The molecule has 0 spiro atoms. The quantitative estimate of drug-likeness (QED) is 0.600. The number of aromatic nitrogens is 2. The van der Waals surface area contributed by atoms with Crippen LogP contribution in [0.1, 0.15) is 12.8 Å². The molecule has 3 nitrogen and oxygen atoms in total. The molecule has 0 radical (unpaired) electrons. The molecule has 0 N–H and O–H groups in total. The summed E-state index contributed by atoms with van der Waals surface area (Å²) in [6.45, 7) is 0.865. The van der Waals surface area contributed by atoms with Crippen molar-refractivity contribution in [1.82, 2.24) is 9.55 Å². The van der Waals surface area contributed by atoms with Crippen molar-refractivity contribution in [2.75, 3.05) is 6.26 Å². The Hall–Kier alpha value is -1.47. The molecule has 1 heterocycles. The van der Waals surface area contributed by atoms with E-state index in [4.69, 9.17) is 5.26 Å². The number of thioether (sulfide) groups is 1. The fourth-order valence-corrected chi connectivity index (χ4v) is 2.34. The summed E-state index contributed by atoms with van der Waals surface area (Å²) in [7, 11) is 0. The lowest BCUT2D eigenvalue weighted by Gasteiger charge is -2.05. The van der Waals surface area contributed by atoms with Crippen LogP contribution in [0.25, 0.3) is 11.0 Å². The van der Waals surface area contributed by atoms with Crippen LogP contribution >= 0.6 is 11.8 Å². The van der Waals surface area contributed by atoms with Crippen molar-refractivity contribution >= 4 is 22.8 Å². The fourth-order valence-electron chi connectivity index (χ4n) is 1.74. The highest BCUT2D eigenvalue weighted by molar-refractivity contribution is 7.98. The molecule has 0 aliphatic heterocycles. The highest BCUT2D eigenvalue weighted by atomic mass is 32.2. The summed E-state index contributed by atoms with van der Waals surface area (Å²) >= 11 is 1.65. The first-order valence-corrected chi connectivity index (χ1v) is 6.45. The third kappa shape index (κ3) is 2.05. The number of nitriles is 1. The Bertz CT molecular complexity index is 525. The number of fused-ring (bicyclic) bond motifs is 1. The van der Waals surface area contributed by atoms with Gasteiger partial charge in [-0.05, 0) is 24.8 Å². The maximum Gasteiger partial charge on any atom is 0.168 e. The largest absolute Gasteiger partial charge is 0.319 e. The molecule has 1 aromatic carbocycles. The minimum atomic E-state index is 0.598. The molecule has 0 amide bonds. The van der Waals surface area contributed by atoms with Gasteiger partial charge < -0.3 is 4.57 Å².